The van der Waals surface area contributed by atoms with Crippen LogP contribution in [0.3, 0.4) is 0 Å². The summed E-state index contributed by atoms with van der Waals surface area (Å²) in [5, 5.41) is 10.5. The fraction of sp³-hybridized carbons (Fsp3) is 0.941. The number of ether oxygens (including phenoxy) is 4. The smallest absolute Gasteiger partial charge is 0.462 e. The van der Waals surface area contributed by atoms with Gasteiger partial charge in [0, 0.05) is 25.7 Å². The van der Waals surface area contributed by atoms with E-state index < -0.39 is 97.5 Å². The third-order valence-electron chi connectivity index (χ3n) is 15.8. The van der Waals surface area contributed by atoms with Crippen LogP contribution in [-0.2, 0) is 65.4 Å². The van der Waals surface area contributed by atoms with Gasteiger partial charge in [0.1, 0.15) is 19.3 Å². The average Bonchev–Trinajstić information content (AvgIpc) is 3.71. The van der Waals surface area contributed by atoms with E-state index >= 15 is 0 Å². The minimum Gasteiger partial charge on any atom is -0.462 e. The minimum absolute atomic E-state index is 0.106. The van der Waals surface area contributed by atoms with Crippen molar-refractivity contribution in [1.29, 1.82) is 0 Å². The van der Waals surface area contributed by atoms with Crippen LogP contribution in [0.15, 0.2) is 0 Å². The number of phosphoric ester groups is 2. The van der Waals surface area contributed by atoms with Crippen molar-refractivity contribution in [2.24, 2.45) is 5.92 Å². The van der Waals surface area contributed by atoms with E-state index in [1.165, 1.54) is 161 Å². The van der Waals surface area contributed by atoms with Gasteiger partial charge in [0.15, 0.2) is 12.2 Å². The minimum atomic E-state index is -4.95. The Balaban J connectivity index is 5.10. The molecule has 0 bridgehead atoms. The Morgan fingerprint density at radius 2 is 0.529 bits per heavy atom. The highest BCUT2D eigenvalue weighted by molar-refractivity contribution is 7.47. The van der Waals surface area contributed by atoms with Gasteiger partial charge in [0.05, 0.1) is 26.4 Å². The molecule has 19 heteroatoms. The first-order valence-electron chi connectivity index (χ1n) is 35.6. The summed E-state index contributed by atoms with van der Waals surface area (Å²) in [4.78, 5) is 72.2. The number of hydrogen-bond acceptors (Lipinski definition) is 15. The summed E-state index contributed by atoms with van der Waals surface area (Å²) in [5.41, 5.74) is 0. The van der Waals surface area contributed by atoms with Gasteiger partial charge < -0.3 is 33.8 Å². The van der Waals surface area contributed by atoms with Crippen LogP contribution in [-0.4, -0.2) is 96.7 Å². The number of phosphoric acid groups is 2. The zero-order valence-corrected chi connectivity index (χ0v) is 57.9. The van der Waals surface area contributed by atoms with E-state index in [0.29, 0.717) is 25.7 Å². The van der Waals surface area contributed by atoms with Crippen LogP contribution >= 0.6 is 15.6 Å². The molecule has 17 nitrogen and oxygen atoms in total. The Morgan fingerprint density at radius 1 is 0.310 bits per heavy atom. The summed E-state index contributed by atoms with van der Waals surface area (Å²) in [5.74, 6) is -1.31. The monoisotopic (exact) mass is 1280 g/mol. The van der Waals surface area contributed by atoms with E-state index in [1.807, 2.05) is 0 Å². The topological polar surface area (TPSA) is 237 Å². The zero-order valence-electron chi connectivity index (χ0n) is 56.2. The molecule has 0 radical (unpaired) electrons. The molecule has 0 saturated carbocycles. The molecule has 0 saturated heterocycles. The first-order valence-corrected chi connectivity index (χ1v) is 38.6. The highest BCUT2D eigenvalue weighted by atomic mass is 31.2. The van der Waals surface area contributed by atoms with Gasteiger partial charge in [-0.3, -0.25) is 37.3 Å². The van der Waals surface area contributed by atoms with Crippen molar-refractivity contribution in [3.8, 4) is 0 Å². The van der Waals surface area contributed by atoms with Gasteiger partial charge in [0.25, 0.3) is 0 Å². The maximum atomic E-state index is 13.0. The number of carbonyl (C=O) groups is 4. The number of hydrogen-bond donors (Lipinski definition) is 3. The first kappa shape index (κ1) is 85.1. The molecular weight excluding hydrogens is 1150 g/mol. The predicted molar refractivity (Wildman–Crippen MR) is 349 cm³/mol. The standard InChI is InChI=1S/C68H132O17P2/c1-6-9-12-15-18-20-33-37-42-47-52-66(71)79-58-64(85-68(73)54-49-44-39-34-30-28-26-24-22-21-23-25-27-29-32-36-40-45-50-61(4)5)60-83-87(76,77)81-56-62(69)55-80-86(74,75)82-59-63(57-78-65(70)51-46-41-35-17-14-11-8-3)84-67(72)53-48-43-38-31-19-16-13-10-7-2/h61-64,69H,6-60H2,1-5H3,(H,74,75)(H,76,77)/t62-,63+,64+/m0/s1. The number of aliphatic hydroxyl groups excluding tert-OH is 1. The molecule has 0 aliphatic rings. The van der Waals surface area contributed by atoms with E-state index in [-0.39, 0.29) is 25.7 Å². The van der Waals surface area contributed by atoms with Crippen molar-refractivity contribution in [2.75, 3.05) is 39.6 Å². The van der Waals surface area contributed by atoms with E-state index in [2.05, 4.69) is 34.6 Å². The number of rotatable bonds is 68. The molecule has 87 heavy (non-hydrogen) atoms. The largest absolute Gasteiger partial charge is 0.472 e. The molecule has 0 amide bonds. The van der Waals surface area contributed by atoms with E-state index in [1.54, 1.807) is 0 Å². The second kappa shape index (κ2) is 61.6. The van der Waals surface area contributed by atoms with Crippen molar-refractivity contribution >= 4 is 39.5 Å². The second-order valence-electron chi connectivity index (χ2n) is 25.0. The predicted octanol–water partition coefficient (Wildman–Crippen LogP) is 19.4. The molecule has 3 N–H and O–H groups in total. The van der Waals surface area contributed by atoms with Crippen LogP contribution < -0.4 is 0 Å². The van der Waals surface area contributed by atoms with E-state index in [4.69, 9.17) is 37.0 Å². The third kappa shape index (κ3) is 62.6. The second-order valence-corrected chi connectivity index (χ2v) is 27.9. The van der Waals surface area contributed by atoms with Crippen LogP contribution in [0.1, 0.15) is 349 Å². The van der Waals surface area contributed by atoms with Crippen LogP contribution in [0.4, 0.5) is 0 Å². The molecule has 0 rings (SSSR count). The van der Waals surface area contributed by atoms with Crippen molar-refractivity contribution in [3.05, 3.63) is 0 Å². The molecular formula is C68H132O17P2. The van der Waals surface area contributed by atoms with Gasteiger partial charge in [-0.25, -0.2) is 9.13 Å². The lowest BCUT2D eigenvalue weighted by molar-refractivity contribution is -0.161. The summed E-state index contributed by atoms with van der Waals surface area (Å²) in [6.45, 7) is 7.20. The highest BCUT2D eigenvalue weighted by Gasteiger charge is 2.30. The quantitative estimate of drug-likeness (QED) is 0.0222. The van der Waals surface area contributed by atoms with Crippen LogP contribution in [0.2, 0.25) is 0 Å². The molecule has 0 aliphatic carbocycles. The Hall–Kier alpha value is -1.94. The van der Waals surface area contributed by atoms with Gasteiger partial charge in [0.2, 0.25) is 0 Å². The van der Waals surface area contributed by atoms with Gasteiger partial charge in [-0.15, -0.1) is 0 Å². The fourth-order valence-corrected chi connectivity index (χ4v) is 11.9. The molecule has 0 heterocycles. The van der Waals surface area contributed by atoms with Crippen LogP contribution in [0, 0.1) is 5.92 Å². The Bertz CT molecular complexity index is 1690. The molecule has 0 aromatic rings. The van der Waals surface area contributed by atoms with Gasteiger partial charge in [-0.2, -0.15) is 0 Å². The van der Waals surface area contributed by atoms with Crippen LogP contribution in [0.25, 0.3) is 0 Å². The molecule has 0 aromatic carbocycles. The Labute approximate surface area is 530 Å². The summed E-state index contributed by atoms with van der Waals surface area (Å²) >= 11 is 0. The molecule has 5 atom stereocenters. The summed E-state index contributed by atoms with van der Waals surface area (Å²) < 4.78 is 68.0. The number of carbonyl (C=O) groups excluding carboxylic acids is 4. The molecule has 0 aromatic heterocycles. The lowest BCUT2D eigenvalue weighted by Crippen LogP contribution is -2.30. The first-order chi connectivity index (χ1) is 42.0. The highest BCUT2D eigenvalue weighted by Crippen LogP contribution is 2.45. The number of esters is 4. The third-order valence-corrected chi connectivity index (χ3v) is 17.7. The lowest BCUT2D eigenvalue weighted by Gasteiger charge is -2.21. The summed E-state index contributed by atoms with van der Waals surface area (Å²) in [7, 11) is -9.88. The van der Waals surface area contributed by atoms with Gasteiger partial charge in [-0.1, -0.05) is 298 Å². The average molecular weight is 1280 g/mol. The molecule has 516 valence electrons. The molecule has 2 unspecified atom stereocenters. The number of aliphatic hydroxyl groups is 1. The van der Waals surface area contributed by atoms with Crippen molar-refractivity contribution < 1.29 is 80.2 Å². The number of unbranched alkanes of at least 4 members (excludes halogenated alkanes) is 40. The van der Waals surface area contributed by atoms with Crippen molar-refractivity contribution in [3.63, 3.8) is 0 Å². The zero-order chi connectivity index (χ0) is 64.2. The normalized spacial score (nSPS) is 14.1. The fourth-order valence-electron chi connectivity index (χ4n) is 10.3. The maximum absolute atomic E-state index is 13.0. The SMILES string of the molecule is CCCCCCCCCCCCC(=O)OC[C@H](COP(=O)(O)OC[C@@H](O)COP(=O)(O)OC[C@@H](COC(=O)CCCCCCCCC)OC(=O)CCCCCCCCCCC)OC(=O)CCCCCCCCCCCCCCCCCCCCC(C)C. The molecule has 0 spiro atoms. The van der Waals surface area contributed by atoms with Crippen molar-refractivity contribution in [1.82, 2.24) is 0 Å². The van der Waals surface area contributed by atoms with Gasteiger partial charge >= 0.3 is 39.5 Å². The lowest BCUT2D eigenvalue weighted by atomic mass is 10.0. The van der Waals surface area contributed by atoms with Crippen molar-refractivity contribution in [2.45, 2.75) is 368 Å². The van der Waals surface area contributed by atoms with Gasteiger partial charge in [-0.05, 0) is 31.6 Å². The summed E-state index contributed by atoms with van der Waals surface area (Å²) in [6.07, 6.45) is 47.4. The maximum Gasteiger partial charge on any atom is 0.472 e. The Morgan fingerprint density at radius 3 is 0.782 bits per heavy atom. The Kier molecular flexibility index (Phi) is 60.2. The van der Waals surface area contributed by atoms with Crippen LogP contribution in [0.5, 0.6) is 0 Å². The molecule has 0 fully saturated rings. The molecule has 0 aliphatic heterocycles. The van der Waals surface area contributed by atoms with E-state index in [9.17, 15) is 43.2 Å². The van der Waals surface area contributed by atoms with E-state index in [0.717, 1.165) is 109 Å². The summed E-state index contributed by atoms with van der Waals surface area (Å²) in [6, 6.07) is 0.